The number of hydrogen-bond donors (Lipinski definition) is 1. The summed E-state index contributed by atoms with van der Waals surface area (Å²) < 4.78 is 39.6. The first-order valence-corrected chi connectivity index (χ1v) is 12.8. The van der Waals surface area contributed by atoms with E-state index in [2.05, 4.69) is 4.98 Å². The van der Waals surface area contributed by atoms with E-state index in [1.165, 1.54) is 35.5 Å². The molecule has 0 aliphatic carbocycles. The molecule has 184 valence electrons. The van der Waals surface area contributed by atoms with E-state index in [0.717, 1.165) is 10.9 Å². The molecule has 0 amide bonds. The molecule has 4 aromatic rings. The Bertz CT molecular complexity index is 1640. The van der Waals surface area contributed by atoms with Crippen LogP contribution in [0.4, 0.5) is 0 Å². The number of carbonyl (C=O) groups excluding carboxylic acids is 1. The number of benzene rings is 3. The van der Waals surface area contributed by atoms with E-state index < -0.39 is 10.0 Å². The average Bonchev–Trinajstić information content (AvgIpc) is 3.32. The van der Waals surface area contributed by atoms with Crippen LogP contribution in [0.1, 0.15) is 34.0 Å². The predicted molar refractivity (Wildman–Crippen MR) is 135 cm³/mol. The van der Waals surface area contributed by atoms with Crippen molar-refractivity contribution in [3.8, 4) is 11.5 Å². The number of aryl methyl sites for hydroxylation is 1. The Labute approximate surface area is 208 Å². The molecule has 0 saturated heterocycles. The van der Waals surface area contributed by atoms with Gasteiger partial charge in [-0.05, 0) is 67.3 Å². The zero-order valence-electron chi connectivity index (χ0n) is 19.8. The number of pyridine rings is 1. The van der Waals surface area contributed by atoms with Gasteiger partial charge in [-0.1, -0.05) is 29.8 Å². The second-order valence-corrected chi connectivity index (χ2v) is 10.7. The first-order chi connectivity index (χ1) is 17.2. The van der Waals surface area contributed by atoms with E-state index in [-0.39, 0.29) is 36.1 Å². The fourth-order valence-corrected chi connectivity index (χ4v) is 5.56. The van der Waals surface area contributed by atoms with Gasteiger partial charge in [0.2, 0.25) is 16.8 Å². The highest BCUT2D eigenvalue weighted by Crippen LogP contribution is 2.33. The summed E-state index contributed by atoms with van der Waals surface area (Å²) in [5.41, 5.74) is 2.76. The third-order valence-electron chi connectivity index (χ3n) is 6.12. The number of ketones is 1. The molecular formula is C27H24N2O6S. The summed E-state index contributed by atoms with van der Waals surface area (Å²) in [4.78, 5) is 27.4. The van der Waals surface area contributed by atoms with Crippen molar-refractivity contribution in [2.45, 2.75) is 31.8 Å². The molecule has 0 radical (unpaired) electrons. The number of ether oxygens (including phenoxy) is 2. The quantitative estimate of drug-likeness (QED) is 0.379. The normalized spacial score (nSPS) is 12.9. The van der Waals surface area contributed by atoms with E-state index in [1.807, 2.05) is 25.1 Å². The van der Waals surface area contributed by atoms with Gasteiger partial charge >= 0.3 is 0 Å². The molecule has 3 aromatic carbocycles. The summed E-state index contributed by atoms with van der Waals surface area (Å²) in [6.45, 7) is 3.33. The second kappa shape index (κ2) is 9.25. The van der Waals surface area contributed by atoms with Gasteiger partial charge in [-0.25, -0.2) is 8.42 Å². The molecule has 2 heterocycles. The fourth-order valence-electron chi connectivity index (χ4n) is 4.16. The summed E-state index contributed by atoms with van der Waals surface area (Å²) >= 11 is 0. The molecule has 1 N–H and O–H groups in total. The third kappa shape index (κ3) is 4.62. The maximum Gasteiger partial charge on any atom is 0.252 e. The van der Waals surface area contributed by atoms with Gasteiger partial charge in [0.25, 0.3) is 5.56 Å². The first kappa shape index (κ1) is 23.8. The molecule has 0 unspecified atom stereocenters. The number of carbonyl (C=O) groups is 1. The van der Waals surface area contributed by atoms with Crippen molar-refractivity contribution < 1.29 is 22.7 Å². The van der Waals surface area contributed by atoms with Crippen LogP contribution in [0.5, 0.6) is 11.5 Å². The Morgan fingerprint density at radius 1 is 0.944 bits per heavy atom. The van der Waals surface area contributed by atoms with Crippen molar-refractivity contribution in [2.24, 2.45) is 0 Å². The number of H-pyrrole nitrogens is 1. The van der Waals surface area contributed by atoms with Crippen molar-refractivity contribution in [2.75, 3.05) is 6.79 Å². The number of hydrogen-bond acceptors (Lipinski definition) is 6. The molecule has 1 aromatic heterocycles. The van der Waals surface area contributed by atoms with Gasteiger partial charge in [0, 0.05) is 29.7 Å². The van der Waals surface area contributed by atoms with Gasteiger partial charge in [0.05, 0.1) is 4.90 Å². The number of Topliss-reactive ketones (excluding diaryl/α,β-unsaturated/α-hetero) is 1. The van der Waals surface area contributed by atoms with Gasteiger partial charge in [-0.2, -0.15) is 4.31 Å². The summed E-state index contributed by atoms with van der Waals surface area (Å²) in [5, 5.41) is 0.816. The summed E-state index contributed by atoms with van der Waals surface area (Å²) in [6.07, 6.45) is 0. The molecule has 1 aliphatic heterocycles. The topological polar surface area (TPSA) is 106 Å². The third-order valence-corrected chi connectivity index (χ3v) is 7.92. The van der Waals surface area contributed by atoms with Gasteiger partial charge in [0.1, 0.15) is 0 Å². The lowest BCUT2D eigenvalue weighted by Gasteiger charge is -2.23. The second-order valence-electron chi connectivity index (χ2n) is 8.76. The molecular weight excluding hydrogens is 480 g/mol. The van der Waals surface area contributed by atoms with Crippen LogP contribution in [-0.4, -0.2) is 30.3 Å². The van der Waals surface area contributed by atoms with Crippen molar-refractivity contribution >= 4 is 26.7 Å². The zero-order chi connectivity index (χ0) is 25.4. The Hall–Kier alpha value is -3.95. The maximum atomic E-state index is 13.8. The van der Waals surface area contributed by atoms with Gasteiger partial charge in [0.15, 0.2) is 17.3 Å². The molecule has 0 fully saturated rings. The van der Waals surface area contributed by atoms with Gasteiger partial charge in [-0.3, -0.25) is 9.59 Å². The first-order valence-electron chi connectivity index (χ1n) is 11.3. The Kier molecular flexibility index (Phi) is 6.11. The average molecular weight is 505 g/mol. The van der Waals surface area contributed by atoms with E-state index in [9.17, 15) is 18.0 Å². The van der Waals surface area contributed by atoms with Crippen LogP contribution in [0.15, 0.2) is 76.4 Å². The zero-order valence-corrected chi connectivity index (χ0v) is 20.6. The minimum absolute atomic E-state index is 0.00126. The van der Waals surface area contributed by atoms with Gasteiger partial charge < -0.3 is 14.5 Å². The number of sulfonamides is 1. The number of fused-ring (bicyclic) bond motifs is 2. The van der Waals surface area contributed by atoms with Crippen molar-refractivity contribution in [1.82, 2.24) is 9.29 Å². The van der Waals surface area contributed by atoms with Crippen LogP contribution in [0, 0.1) is 6.92 Å². The Morgan fingerprint density at radius 2 is 1.69 bits per heavy atom. The molecule has 36 heavy (non-hydrogen) atoms. The number of nitrogens with zero attached hydrogens (tertiary/aromatic N) is 1. The largest absolute Gasteiger partial charge is 0.454 e. The molecule has 0 saturated carbocycles. The number of rotatable bonds is 7. The summed E-state index contributed by atoms with van der Waals surface area (Å²) in [5.74, 6) is 0.971. The van der Waals surface area contributed by atoms with E-state index in [1.54, 1.807) is 24.3 Å². The van der Waals surface area contributed by atoms with Crippen LogP contribution in [0.3, 0.4) is 0 Å². The van der Waals surface area contributed by atoms with Crippen molar-refractivity contribution in [3.05, 3.63) is 99.3 Å². The van der Waals surface area contributed by atoms with Crippen LogP contribution in [-0.2, 0) is 23.1 Å². The highest BCUT2D eigenvalue weighted by Gasteiger charge is 2.27. The summed E-state index contributed by atoms with van der Waals surface area (Å²) in [7, 11) is -4.04. The fraction of sp³-hybridized carbons (Fsp3) is 0.185. The van der Waals surface area contributed by atoms with Crippen molar-refractivity contribution in [3.63, 3.8) is 0 Å². The van der Waals surface area contributed by atoms with E-state index in [0.29, 0.717) is 33.7 Å². The molecule has 9 heteroatoms. The standard InChI is InChI=1S/C27H24N2O6S/c1-17-3-9-24-21(11-17)13-22(27(31)28-24)15-29(14-19-4-10-25-26(12-19)35-16-34-25)36(32,33)23-7-5-20(6-8-23)18(2)30/h3-13H,14-16H2,1-2H3,(H,28,31). The number of aromatic amines is 1. The lowest BCUT2D eigenvalue weighted by atomic mass is 10.1. The number of nitrogens with one attached hydrogen (secondary N) is 1. The van der Waals surface area contributed by atoms with Crippen LogP contribution in [0.2, 0.25) is 0 Å². The van der Waals surface area contributed by atoms with E-state index >= 15 is 0 Å². The highest BCUT2D eigenvalue weighted by atomic mass is 32.2. The lowest BCUT2D eigenvalue weighted by molar-refractivity contribution is 0.101. The molecule has 8 nitrogen and oxygen atoms in total. The Balaban J connectivity index is 1.56. The monoisotopic (exact) mass is 504 g/mol. The summed E-state index contributed by atoms with van der Waals surface area (Å²) in [6, 6.07) is 18.4. The molecule has 0 spiro atoms. The van der Waals surface area contributed by atoms with Crippen LogP contribution >= 0.6 is 0 Å². The maximum absolute atomic E-state index is 13.8. The minimum atomic E-state index is -4.04. The predicted octanol–water partition coefficient (Wildman–Crippen LogP) is 4.16. The highest BCUT2D eigenvalue weighted by molar-refractivity contribution is 7.89. The molecule has 0 bridgehead atoms. The molecule has 5 rings (SSSR count). The molecule has 1 aliphatic rings. The van der Waals surface area contributed by atoms with Crippen molar-refractivity contribution in [1.29, 1.82) is 0 Å². The smallest absolute Gasteiger partial charge is 0.252 e. The SMILES string of the molecule is CC(=O)c1ccc(S(=O)(=O)N(Cc2ccc3c(c2)OCO3)Cc2cc3cc(C)ccc3[nH]c2=O)cc1. The Morgan fingerprint density at radius 3 is 2.44 bits per heavy atom. The van der Waals surface area contributed by atoms with Gasteiger partial charge in [-0.15, -0.1) is 0 Å². The number of aromatic nitrogens is 1. The van der Waals surface area contributed by atoms with E-state index in [4.69, 9.17) is 9.47 Å². The minimum Gasteiger partial charge on any atom is -0.454 e. The lowest BCUT2D eigenvalue weighted by Crippen LogP contribution is -2.32. The van der Waals surface area contributed by atoms with Crippen LogP contribution in [0.25, 0.3) is 10.9 Å². The molecule has 0 atom stereocenters. The van der Waals surface area contributed by atoms with Crippen LogP contribution < -0.4 is 15.0 Å².